The van der Waals surface area contributed by atoms with Crippen LogP contribution < -0.4 is 16.4 Å². The van der Waals surface area contributed by atoms with Gasteiger partial charge in [-0.1, -0.05) is 13.8 Å². The molecule has 0 aliphatic heterocycles. The number of benzene rings is 1. The largest absolute Gasteiger partial charge is 0.444 e. The fraction of sp³-hybridized carbons (Fsp3) is 0.500. The lowest BCUT2D eigenvalue weighted by Gasteiger charge is -2.25. The highest BCUT2D eigenvalue weighted by molar-refractivity contribution is 6.04. The van der Waals surface area contributed by atoms with Crippen LogP contribution in [0.3, 0.4) is 0 Å². The van der Waals surface area contributed by atoms with Gasteiger partial charge in [0.05, 0.1) is 0 Å². The summed E-state index contributed by atoms with van der Waals surface area (Å²) in [7, 11) is 0. The van der Waals surface area contributed by atoms with Crippen LogP contribution in [0.15, 0.2) is 24.3 Å². The number of hydrogen-bond acceptors (Lipinski definition) is 8. The second kappa shape index (κ2) is 10.5. The number of rotatable bonds is 6. The molecule has 0 heterocycles. The Kier molecular flexibility index (Phi) is 8.63. The van der Waals surface area contributed by atoms with Crippen LogP contribution in [-0.2, 0) is 19.0 Å². The predicted octanol–water partition coefficient (Wildman–Crippen LogP) is 2.76. The van der Waals surface area contributed by atoms with Crippen LogP contribution in [-0.4, -0.2) is 41.9 Å². The van der Waals surface area contributed by atoms with E-state index in [4.69, 9.17) is 25.4 Å². The molecule has 5 N–H and O–H groups in total. The van der Waals surface area contributed by atoms with Crippen LogP contribution in [0.1, 0.15) is 47.1 Å². The number of carbonyl (C=O) groups excluding carboxylic acids is 3. The van der Waals surface area contributed by atoms with Gasteiger partial charge in [-0.05, 0) is 51.0 Å². The Bertz CT molecular complexity index is 770. The monoisotopic (exact) mass is 422 g/mol. The van der Waals surface area contributed by atoms with Crippen LogP contribution in [0.5, 0.6) is 0 Å². The Morgan fingerprint density at radius 2 is 1.57 bits per heavy atom. The minimum absolute atomic E-state index is 0.204. The Hall–Kier alpha value is -3.30. The van der Waals surface area contributed by atoms with Crippen molar-refractivity contribution in [2.45, 2.75) is 59.5 Å². The number of alkyl carbamates (subject to hydrolysis) is 2. The van der Waals surface area contributed by atoms with E-state index < -0.39 is 36.1 Å². The number of esters is 1. The maximum Gasteiger partial charge on any atom is 0.415 e. The first-order valence-corrected chi connectivity index (χ1v) is 9.40. The first-order chi connectivity index (χ1) is 13.8. The average Bonchev–Trinajstić information content (AvgIpc) is 2.57. The van der Waals surface area contributed by atoms with Crippen molar-refractivity contribution in [3.63, 3.8) is 0 Å². The van der Waals surface area contributed by atoms with Crippen LogP contribution in [0.25, 0.3) is 0 Å². The molecule has 0 aromatic heterocycles. The SMILES string of the molecule is CC(OC(=O)NC(=N)c1ccc(N)cc1)OC(=O)[C@@H](NC(=O)OC(C)(C)C)C(C)C. The number of nitrogens with two attached hydrogens (primary N) is 1. The van der Waals surface area contributed by atoms with Gasteiger partial charge in [0.25, 0.3) is 0 Å². The van der Waals surface area contributed by atoms with E-state index in [0.717, 1.165) is 0 Å². The van der Waals surface area contributed by atoms with Gasteiger partial charge in [-0.25, -0.2) is 14.4 Å². The Labute approximate surface area is 175 Å². The molecular formula is C20H30N4O6. The molecule has 0 saturated carbocycles. The van der Waals surface area contributed by atoms with Gasteiger partial charge >= 0.3 is 18.2 Å². The topological polar surface area (TPSA) is 153 Å². The lowest BCUT2D eigenvalue weighted by atomic mass is 10.1. The molecule has 2 amide bonds. The van der Waals surface area contributed by atoms with Gasteiger partial charge < -0.3 is 25.3 Å². The fourth-order valence-corrected chi connectivity index (χ4v) is 2.20. The van der Waals surface area contributed by atoms with Crippen molar-refractivity contribution in [3.8, 4) is 0 Å². The number of hydrogen-bond donors (Lipinski definition) is 4. The van der Waals surface area contributed by atoms with Crippen LogP contribution in [0, 0.1) is 11.3 Å². The molecule has 0 fully saturated rings. The summed E-state index contributed by atoms with van der Waals surface area (Å²) in [5.41, 5.74) is 5.80. The lowest BCUT2D eigenvalue weighted by Crippen LogP contribution is -2.48. The third kappa shape index (κ3) is 8.80. The van der Waals surface area contributed by atoms with Crippen LogP contribution in [0.4, 0.5) is 15.3 Å². The van der Waals surface area contributed by atoms with Crippen LogP contribution in [0.2, 0.25) is 0 Å². The minimum atomic E-state index is -1.25. The molecule has 0 aliphatic rings. The van der Waals surface area contributed by atoms with Crippen molar-refractivity contribution in [1.82, 2.24) is 10.6 Å². The van der Waals surface area contributed by atoms with Crippen molar-refractivity contribution in [3.05, 3.63) is 29.8 Å². The van der Waals surface area contributed by atoms with Gasteiger partial charge in [0.2, 0.25) is 6.29 Å². The summed E-state index contributed by atoms with van der Waals surface area (Å²) in [5.74, 6) is -1.29. The van der Waals surface area contributed by atoms with E-state index in [9.17, 15) is 14.4 Å². The number of nitrogen functional groups attached to an aromatic ring is 1. The Balaban J connectivity index is 2.59. The zero-order valence-electron chi connectivity index (χ0n) is 18.1. The molecular weight excluding hydrogens is 392 g/mol. The molecule has 0 spiro atoms. The molecule has 0 radical (unpaired) electrons. The van der Waals surface area contributed by atoms with Gasteiger partial charge in [0, 0.05) is 18.2 Å². The summed E-state index contributed by atoms with van der Waals surface area (Å²) in [6.45, 7) is 9.88. The van der Waals surface area contributed by atoms with Gasteiger partial charge in [-0.15, -0.1) is 0 Å². The van der Waals surface area contributed by atoms with Gasteiger partial charge in [-0.3, -0.25) is 10.7 Å². The maximum absolute atomic E-state index is 12.4. The fourth-order valence-electron chi connectivity index (χ4n) is 2.20. The smallest absolute Gasteiger partial charge is 0.415 e. The Morgan fingerprint density at radius 1 is 1.00 bits per heavy atom. The number of amidine groups is 1. The lowest BCUT2D eigenvalue weighted by molar-refractivity contribution is -0.168. The Morgan fingerprint density at radius 3 is 2.07 bits per heavy atom. The molecule has 10 heteroatoms. The summed E-state index contributed by atoms with van der Waals surface area (Å²) in [6, 6.07) is 5.31. The maximum atomic E-state index is 12.4. The van der Waals surface area contributed by atoms with E-state index in [2.05, 4.69) is 10.6 Å². The molecule has 10 nitrogen and oxygen atoms in total. The molecule has 1 aromatic rings. The number of carbonyl (C=O) groups is 3. The number of ether oxygens (including phenoxy) is 3. The normalized spacial score (nSPS) is 13.0. The summed E-state index contributed by atoms with van der Waals surface area (Å²) < 4.78 is 15.2. The van der Waals surface area contributed by atoms with Gasteiger partial charge in [0.15, 0.2) is 0 Å². The summed E-state index contributed by atoms with van der Waals surface area (Å²) in [5, 5.41) is 12.6. The number of anilines is 1. The quantitative estimate of drug-likeness (QED) is 0.181. The molecule has 1 unspecified atom stereocenters. The molecule has 166 valence electrons. The van der Waals surface area contributed by atoms with Crippen molar-refractivity contribution in [1.29, 1.82) is 5.41 Å². The highest BCUT2D eigenvalue weighted by atomic mass is 16.7. The van der Waals surface area contributed by atoms with Gasteiger partial charge in [-0.2, -0.15) is 0 Å². The zero-order valence-corrected chi connectivity index (χ0v) is 18.1. The number of nitrogens with one attached hydrogen (secondary N) is 3. The van der Waals surface area contributed by atoms with E-state index in [1.165, 1.54) is 6.92 Å². The van der Waals surface area contributed by atoms with E-state index >= 15 is 0 Å². The highest BCUT2D eigenvalue weighted by Crippen LogP contribution is 2.11. The minimum Gasteiger partial charge on any atom is -0.444 e. The van der Waals surface area contributed by atoms with Crippen molar-refractivity contribution in [2.24, 2.45) is 5.92 Å². The third-order valence-electron chi connectivity index (χ3n) is 3.57. The molecule has 0 bridgehead atoms. The van der Waals surface area contributed by atoms with E-state index in [0.29, 0.717) is 11.3 Å². The molecule has 2 atom stereocenters. The van der Waals surface area contributed by atoms with E-state index in [-0.39, 0.29) is 11.8 Å². The van der Waals surface area contributed by atoms with Gasteiger partial charge in [0.1, 0.15) is 17.5 Å². The summed E-state index contributed by atoms with van der Waals surface area (Å²) in [4.78, 5) is 36.3. The standard InChI is InChI=1S/C20H30N4O6/c1-11(2)15(23-19(27)30-20(4,5)6)17(25)28-12(3)29-18(26)24-16(22)13-7-9-14(21)10-8-13/h7-12,15H,21H2,1-6H3,(H,23,27)(H2,22,24,26)/t12?,15-/m0/s1. The van der Waals surface area contributed by atoms with Crippen molar-refractivity contribution < 1.29 is 28.6 Å². The average molecular weight is 422 g/mol. The first kappa shape index (κ1) is 24.7. The summed E-state index contributed by atoms with van der Waals surface area (Å²) in [6.07, 6.45) is -2.99. The molecule has 1 rings (SSSR count). The highest BCUT2D eigenvalue weighted by Gasteiger charge is 2.30. The molecule has 1 aromatic carbocycles. The predicted molar refractivity (Wildman–Crippen MR) is 111 cm³/mol. The first-order valence-electron chi connectivity index (χ1n) is 9.40. The molecule has 30 heavy (non-hydrogen) atoms. The van der Waals surface area contributed by atoms with Crippen LogP contribution >= 0.6 is 0 Å². The van der Waals surface area contributed by atoms with E-state index in [1.807, 2.05) is 0 Å². The van der Waals surface area contributed by atoms with Crippen molar-refractivity contribution >= 4 is 29.7 Å². The zero-order chi connectivity index (χ0) is 23.1. The third-order valence-corrected chi connectivity index (χ3v) is 3.57. The second-order valence-corrected chi connectivity index (χ2v) is 7.90. The number of amides is 2. The van der Waals surface area contributed by atoms with E-state index in [1.54, 1.807) is 58.9 Å². The summed E-state index contributed by atoms with van der Waals surface area (Å²) >= 11 is 0. The molecule has 0 saturated heterocycles. The second-order valence-electron chi connectivity index (χ2n) is 7.90. The van der Waals surface area contributed by atoms with Crippen molar-refractivity contribution in [2.75, 3.05) is 5.73 Å². The molecule has 0 aliphatic carbocycles.